The van der Waals surface area contributed by atoms with Gasteiger partial charge in [0.1, 0.15) is 12.4 Å². The van der Waals surface area contributed by atoms with E-state index < -0.39 is 6.09 Å². The Hall–Kier alpha value is -2.05. The van der Waals surface area contributed by atoms with Gasteiger partial charge in [0.2, 0.25) is 0 Å². The van der Waals surface area contributed by atoms with E-state index in [0.29, 0.717) is 23.8 Å². The first-order valence-electron chi connectivity index (χ1n) is 9.74. The van der Waals surface area contributed by atoms with Crippen molar-refractivity contribution in [2.24, 2.45) is 11.3 Å². The van der Waals surface area contributed by atoms with E-state index in [4.69, 9.17) is 14.6 Å². The van der Waals surface area contributed by atoms with Gasteiger partial charge < -0.3 is 19.9 Å². The third kappa shape index (κ3) is 3.29. The van der Waals surface area contributed by atoms with E-state index in [9.17, 15) is 4.79 Å². The average Bonchev–Trinajstić information content (AvgIpc) is 2.97. The van der Waals surface area contributed by atoms with Crippen LogP contribution in [-0.2, 0) is 13.0 Å². The number of carbonyl (C=O) groups excluding carboxylic acids is 1. The molecule has 0 spiro atoms. The molecule has 2 aliphatic rings. The van der Waals surface area contributed by atoms with Crippen molar-refractivity contribution >= 4 is 17.4 Å². The molecule has 5 nitrogen and oxygen atoms in total. The van der Waals surface area contributed by atoms with Crippen LogP contribution >= 0.6 is 11.3 Å². The molecule has 1 aromatic heterocycles. The molecular formula is C22H27NO4S. The number of thiophene rings is 1. The number of aliphatic hydroxyl groups excluding tert-OH is 1. The number of hydrogen-bond donors (Lipinski definition) is 2. The fourth-order valence-corrected chi connectivity index (χ4v) is 5.68. The van der Waals surface area contributed by atoms with Crippen molar-refractivity contribution in [1.82, 2.24) is 5.32 Å². The topological polar surface area (TPSA) is 67.8 Å². The molecule has 150 valence electrons. The third-order valence-corrected chi connectivity index (χ3v) is 7.23. The second-order valence-electron chi connectivity index (χ2n) is 8.36. The van der Waals surface area contributed by atoms with E-state index in [-0.39, 0.29) is 13.2 Å². The number of ether oxygens (including phenoxy) is 2. The van der Waals surface area contributed by atoms with E-state index >= 15 is 0 Å². The number of nitrogens with one attached hydrogen (secondary N) is 1. The van der Waals surface area contributed by atoms with Gasteiger partial charge in [-0.1, -0.05) is 26.0 Å². The predicted octanol–water partition coefficient (Wildman–Crippen LogP) is 4.32. The molecule has 1 heterocycles. The zero-order valence-corrected chi connectivity index (χ0v) is 17.6. The molecule has 0 aliphatic heterocycles. The Kier molecular flexibility index (Phi) is 4.88. The molecule has 0 unspecified atom stereocenters. The number of carbonyl (C=O) groups is 1. The second-order valence-corrected chi connectivity index (χ2v) is 9.55. The highest BCUT2D eigenvalue weighted by atomic mass is 32.1. The molecule has 2 aromatic rings. The van der Waals surface area contributed by atoms with E-state index in [0.717, 1.165) is 28.4 Å². The number of aryl methyl sites for hydroxylation is 2. The fraction of sp³-hybridized carbons (Fsp3) is 0.500. The van der Waals surface area contributed by atoms with Gasteiger partial charge in [-0.15, -0.1) is 11.3 Å². The molecule has 4 rings (SSSR count). The van der Waals surface area contributed by atoms with Crippen molar-refractivity contribution in [3.8, 4) is 10.8 Å². The summed E-state index contributed by atoms with van der Waals surface area (Å²) in [6.45, 7) is 9.39. The Bertz CT molecular complexity index is 918. The predicted molar refractivity (Wildman–Crippen MR) is 109 cm³/mol. The highest BCUT2D eigenvalue weighted by molar-refractivity contribution is 7.14. The molecular weight excluding hydrogens is 374 g/mol. The summed E-state index contributed by atoms with van der Waals surface area (Å²) in [5.74, 6) is 2.07. The summed E-state index contributed by atoms with van der Waals surface area (Å²) in [6.07, 6.45) is 0.608. The molecule has 1 fully saturated rings. The van der Waals surface area contributed by atoms with Crippen LogP contribution < -0.4 is 14.8 Å². The summed E-state index contributed by atoms with van der Waals surface area (Å²) in [4.78, 5) is 13.6. The van der Waals surface area contributed by atoms with Gasteiger partial charge in [0, 0.05) is 17.0 Å². The summed E-state index contributed by atoms with van der Waals surface area (Å²) in [5.41, 5.74) is 5.00. The van der Waals surface area contributed by atoms with Gasteiger partial charge in [0.25, 0.3) is 0 Å². The van der Waals surface area contributed by atoms with E-state index in [1.54, 1.807) is 11.3 Å². The zero-order valence-electron chi connectivity index (χ0n) is 16.8. The van der Waals surface area contributed by atoms with Crippen LogP contribution in [0.2, 0.25) is 0 Å². The first-order chi connectivity index (χ1) is 13.3. The quantitative estimate of drug-likeness (QED) is 0.756. The number of amides is 1. The van der Waals surface area contributed by atoms with Crippen molar-refractivity contribution < 1.29 is 19.4 Å². The standard InChI is InChI=1S/C22H27NO4S/c1-12-9-14(5-6-17(12)26-8-7-24)11-23-21(25)27-20-15-10-16-19(22(16,3)4)18(15)13(2)28-20/h5-6,9,16,19,24H,7-8,10-11H2,1-4H3,(H,23,25)/t16-,19-/m1/s1. The van der Waals surface area contributed by atoms with Crippen LogP contribution in [0.5, 0.6) is 10.8 Å². The molecule has 2 aliphatic carbocycles. The number of hydrogen-bond acceptors (Lipinski definition) is 5. The van der Waals surface area contributed by atoms with Gasteiger partial charge in [-0.2, -0.15) is 0 Å². The lowest BCUT2D eigenvalue weighted by atomic mass is 9.96. The van der Waals surface area contributed by atoms with Crippen LogP contribution in [-0.4, -0.2) is 24.4 Å². The Morgan fingerprint density at radius 3 is 2.86 bits per heavy atom. The summed E-state index contributed by atoms with van der Waals surface area (Å²) < 4.78 is 11.1. The lowest BCUT2D eigenvalue weighted by Crippen LogP contribution is -2.26. The lowest BCUT2D eigenvalue weighted by Gasteiger charge is -2.11. The van der Waals surface area contributed by atoms with E-state index in [1.165, 1.54) is 16.0 Å². The van der Waals surface area contributed by atoms with Crippen LogP contribution in [0.1, 0.15) is 46.9 Å². The summed E-state index contributed by atoms with van der Waals surface area (Å²) in [6, 6.07) is 5.73. The van der Waals surface area contributed by atoms with Crippen LogP contribution in [0.3, 0.4) is 0 Å². The Labute approximate surface area is 169 Å². The highest BCUT2D eigenvalue weighted by Crippen LogP contribution is 2.72. The normalized spacial score (nSPS) is 21.0. The van der Waals surface area contributed by atoms with Gasteiger partial charge in [-0.05, 0) is 60.3 Å². The maximum atomic E-state index is 12.3. The minimum Gasteiger partial charge on any atom is -0.491 e. The van der Waals surface area contributed by atoms with Gasteiger partial charge in [0.05, 0.1) is 6.61 Å². The van der Waals surface area contributed by atoms with Gasteiger partial charge in [-0.25, -0.2) is 4.79 Å². The molecule has 1 amide bonds. The van der Waals surface area contributed by atoms with Crippen molar-refractivity contribution in [2.75, 3.05) is 13.2 Å². The summed E-state index contributed by atoms with van der Waals surface area (Å²) in [5, 5.41) is 12.5. The van der Waals surface area contributed by atoms with Crippen molar-refractivity contribution in [1.29, 1.82) is 0 Å². The highest BCUT2D eigenvalue weighted by Gasteiger charge is 2.63. The van der Waals surface area contributed by atoms with Crippen LogP contribution in [0.4, 0.5) is 4.79 Å². The first-order valence-corrected chi connectivity index (χ1v) is 10.6. The van der Waals surface area contributed by atoms with Crippen molar-refractivity contribution in [2.45, 2.75) is 46.6 Å². The third-order valence-electron chi connectivity index (χ3n) is 6.19. The minimum atomic E-state index is -0.415. The minimum absolute atomic E-state index is 0.0144. The van der Waals surface area contributed by atoms with Gasteiger partial charge in [0.15, 0.2) is 5.06 Å². The number of aliphatic hydroxyl groups is 1. The van der Waals surface area contributed by atoms with Gasteiger partial charge in [-0.3, -0.25) is 0 Å². The first kappa shape index (κ1) is 19.3. The lowest BCUT2D eigenvalue weighted by molar-refractivity contribution is 0.200. The maximum Gasteiger partial charge on any atom is 0.413 e. The Morgan fingerprint density at radius 1 is 1.36 bits per heavy atom. The molecule has 0 radical (unpaired) electrons. The number of fused-ring (bicyclic) bond motifs is 3. The molecule has 2 N–H and O–H groups in total. The fourth-order valence-electron chi connectivity index (χ4n) is 4.61. The molecule has 0 bridgehead atoms. The van der Waals surface area contributed by atoms with E-state index in [1.807, 2.05) is 25.1 Å². The SMILES string of the molecule is Cc1cc(CNC(=O)Oc2sc(C)c3c2C[C@@H]2[C@H]3C2(C)C)ccc1OCCO. The average molecular weight is 402 g/mol. The Balaban J connectivity index is 1.36. The van der Waals surface area contributed by atoms with Crippen LogP contribution in [0.15, 0.2) is 18.2 Å². The second kappa shape index (κ2) is 7.08. The number of rotatable bonds is 6. The molecule has 6 heteroatoms. The maximum absolute atomic E-state index is 12.3. The molecule has 28 heavy (non-hydrogen) atoms. The van der Waals surface area contributed by atoms with Gasteiger partial charge >= 0.3 is 6.09 Å². The smallest absolute Gasteiger partial charge is 0.413 e. The van der Waals surface area contributed by atoms with Crippen LogP contribution in [0, 0.1) is 25.2 Å². The summed E-state index contributed by atoms with van der Waals surface area (Å²) in [7, 11) is 0. The summed E-state index contributed by atoms with van der Waals surface area (Å²) >= 11 is 1.59. The Morgan fingerprint density at radius 2 is 2.14 bits per heavy atom. The van der Waals surface area contributed by atoms with Crippen molar-refractivity contribution in [3.05, 3.63) is 45.3 Å². The monoisotopic (exact) mass is 401 g/mol. The number of benzene rings is 1. The molecule has 1 saturated carbocycles. The largest absolute Gasteiger partial charge is 0.491 e. The molecule has 0 saturated heterocycles. The molecule has 1 aromatic carbocycles. The molecule has 2 atom stereocenters. The van der Waals surface area contributed by atoms with Crippen LogP contribution in [0.25, 0.3) is 0 Å². The van der Waals surface area contributed by atoms with E-state index in [2.05, 4.69) is 26.1 Å². The zero-order chi connectivity index (χ0) is 20.1. The van der Waals surface area contributed by atoms with Crippen molar-refractivity contribution in [3.63, 3.8) is 0 Å².